The molecule has 246 valence electrons. The molecule has 5 atom stereocenters. The zero-order valence-electron chi connectivity index (χ0n) is 27.6. The molecule has 0 radical (unpaired) electrons. The minimum Gasteiger partial charge on any atom is -0.447 e. The molecule has 11 nitrogen and oxygen atoms in total. The van der Waals surface area contributed by atoms with Gasteiger partial charge >= 0.3 is 18.3 Å². The van der Waals surface area contributed by atoms with Crippen LogP contribution in [0.5, 0.6) is 0 Å². The molecular formula is C35H43N3O8. The van der Waals surface area contributed by atoms with E-state index in [0.717, 1.165) is 33.4 Å². The summed E-state index contributed by atoms with van der Waals surface area (Å²) in [6.07, 6.45) is -6.31. The monoisotopic (exact) mass is 633 g/mol. The number of rotatable bonds is 8. The molecule has 1 saturated heterocycles. The fourth-order valence-electron chi connectivity index (χ4n) is 5.71. The van der Waals surface area contributed by atoms with Crippen LogP contribution in [-0.4, -0.2) is 56.6 Å². The maximum absolute atomic E-state index is 13.2. The van der Waals surface area contributed by atoms with E-state index in [4.69, 9.17) is 23.7 Å². The topological polar surface area (TPSA) is 133 Å². The highest BCUT2D eigenvalue weighted by molar-refractivity contribution is 5.86. The molecule has 1 aliphatic rings. The summed E-state index contributed by atoms with van der Waals surface area (Å²) in [4.78, 5) is 39.0. The first-order valence-corrected chi connectivity index (χ1v) is 15.1. The van der Waals surface area contributed by atoms with Gasteiger partial charge in [-0.2, -0.15) is 0 Å². The number of amides is 3. The molecule has 3 aromatic carbocycles. The van der Waals surface area contributed by atoms with Gasteiger partial charge < -0.3 is 23.7 Å². The van der Waals surface area contributed by atoms with Crippen LogP contribution in [0, 0.1) is 47.5 Å². The summed E-state index contributed by atoms with van der Waals surface area (Å²) in [5, 5.41) is 8.22. The molecule has 3 amide bonds. The Morgan fingerprint density at radius 3 is 1.37 bits per heavy atom. The molecule has 1 aliphatic heterocycles. The number of nitrogens with one attached hydrogen (secondary N) is 3. The summed E-state index contributed by atoms with van der Waals surface area (Å²) >= 11 is 0. The van der Waals surface area contributed by atoms with Gasteiger partial charge in [-0.15, -0.1) is 0 Å². The van der Waals surface area contributed by atoms with E-state index in [1.165, 1.54) is 7.11 Å². The highest BCUT2D eigenvalue weighted by atomic mass is 16.7. The number of hydrogen-bond acceptors (Lipinski definition) is 8. The molecule has 1 fully saturated rings. The van der Waals surface area contributed by atoms with E-state index in [9.17, 15) is 14.4 Å². The number of ether oxygens (including phenoxy) is 5. The maximum Gasteiger partial charge on any atom is 0.412 e. The second-order valence-electron chi connectivity index (χ2n) is 12.0. The molecule has 46 heavy (non-hydrogen) atoms. The van der Waals surface area contributed by atoms with Crippen LogP contribution in [0.25, 0.3) is 0 Å². The summed E-state index contributed by atoms with van der Waals surface area (Å²) in [7, 11) is 1.39. The lowest BCUT2D eigenvalue weighted by atomic mass is 9.90. The van der Waals surface area contributed by atoms with E-state index < -0.39 is 48.8 Å². The lowest BCUT2D eigenvalue weighted by molar-refractivity contribution is -0.277. The number of hydrogen-bond donors (Lipinski definition) is 3. The second-order valence-corrected chi connectivity index (χ2v) is 12.0. The van der Waals surface area contributed by atoms with Crippen LogP contribution in [0.15, 0.2) is 54.6 Å². The zero-order chi connectivity index (χ0) is 33.5. The Morgan fingerprint density at radius 1 is 0.609 bits per heavy atom. The van der Waals surface area contributed by atoms with Crippen molar-refractivity contribution in [3.05, 3.63) is 88.0 Å². The predicted octanol–water partition coefficient (Wildman–Crippen LogP) is 7.33. The fourth-order valence-corrected chi connectivity index (χ4v) is 5.71. The predicted molar refractivity (Wildman–Crippen MR) is 175 cm³/mol. The Hall–Kier alpha value is -4.61. The number of carbonyl (C=O) groups is 3. The minimum atomic E-state index is -1.16. The van der Waals surface area contributed by atoms with Gasteiger partial charge in [-0.3, -0.25) is 16.0 Å². The molecule has 1 heterocycles. The molecule has 4 rings (SSSR count). The van der Waals surface area contributed by atoms with Crippen molar-refractivity contribution in [3.8, 4) is 0 Å². The average Bonchev–Trinajstić information content (AvgIpc) is 2.92. The first kappa shape index (κ1) is 34.3. The van der Waals surface area contributed by atoms with Crippen molar-refractivity contribution in [1.82, 2.24) is 0 Å². The molecule has 0 aliphatic carbocycles. The fraction of sp³-hybridized carbons (Fsp3) is 0.400. The SMILES string of the molecule is CO[C@@H]1OC(COC(=O)Nc2cc(C)cc(C)c2)[C@H](C)C(OC(=O)Nc2cc(C)cc(C)c2)[C@H]1OC(=O)Nc1cc(C)cc(C)c1. The van der Waals surface area contributed by atoms with Crippen LogP contribution in [0.3, 0.4) is 0 Å². The van der Waals surface area contributed by atoms with E-state index in [1.54, 1.807) is 6.92 Å². The Balaban J connectivity index is 1.51. The number of aryl methyl sites for hydroxylation is 6. The third-order valence-electron chi connectivity index (χ3n) is 7.51. The first-order chi connectivity index (χ1) is 21.8. The molecule has 0 bridgehead atoms. The number of carbonyl (C=O) groups excluding carboxylic acids is 3. The Labute approximate surface area is 269 Å². The summed E-state index contributed by atoms with van der Waals surface area (Å²) in [6, 6.07) is 16.9. The normalized spacial score (nSPS) is 20.7. The molecule has 2 unspecified atom stereocenters. The van der Waals surface area contributed by atoms with Gasteiger partial charge in [-0.25, -0.2) is 14.4 Å². The van der Waals surface area contributed by atoms with Crippen molar-refractivity contribution in [2.75, 3.05) is 29.7 Å². The van der Waals surface area contributed by atoms with E-state index in [2.05, 4.69) is 16.0 Å². The van der Waals surface area contributed by atoms with Gasteiger partial charge in [0.2, 0.25) is 0 Å². The lowest BCUT2D eigenvalue weighted by Gasteiger charge is -2.43. The van der Waals surface area contributed by atoms with Crippen LogP contribution < -0.4 is 16.0 Å². The van der Waals surface area contributed by atoms with Crippen molar-refractivity contribution in [3.63, 3.8) is 0 Å². The summed E-state index contributed by atoms with van der Waals surface area (Å²) in [6.45, 7) is 13.1. The standard InChI is InChI=1S/C35H43N3O8/c1-19-9-20(2)13-26(12-19)36-33(39)43-18-29-25(7)30(45-34(40)37-27-14-21(3)10-22(4)15-27)31(32(42-8)44-29)46-35(41)38-28-16-23(5)11-24(6)17-28/h9-17,25,29-32H,18H2,1-8H3,(H,36,39)(H,37,40)(H,38,41)/t25-,29?,30?,31+,32+/m0/s1. The van der Waals surface area contributed by atoms with E-state index in [0.29, 0.717) is 17.1 Å². The van der Waals surface area contributed by atoms with Gasteiger partial charge in [0, 0.05) is 30.1 Å². The largest absolute Gasteiger partial charge is 0.447 e. The van der Waals surface area contributed by atoms with Crippen molar-refractivity contribution < 1.29 is 38.1 Å². The Bertz CT molecular complexity index is 1510. The second kappa shape index (κ2) is 15.1. The number of anilines is 3. The quantitative estimate of drug-likeness (QED) is 0.220. The van der Waals surface area contributed by atoms with Crippen LogP contribution in [-0.2, 0) is 23.7 Å². The van der Waals surface area contributed by atoms with Crippen LogP contribution in [0.2, 0.25) is 0 Å². The van der Waals surface area contributed by atoms with Crippen LogP contribution in [0.1, 0.15) is 40.3 Å². The van der Waals surface area contributed by atoms with Crippen LogP contribution in [0.4, 0.5) is 31.4 Å². The van der Waals surface area contributed by atoms with Gasteiger partial charge in [0.25, 0.3) is 0 Å². The highest BCUT2D eigenvalue weighted by Crippen LogP contribution is 2.32. The summed E-state index contributed by atoms with van der Waals surface area (Å²) in [5.41, 5.74) is 7.56. The lowest BCUT2D eigenvalue weighted by Crippen LogP contribution is -2.58. The average molecular weight is 634 g/mol. The minimum absolute atomic E-state index is 0.183. The van der Waals surface area contributed by atoms with Gasteiger partial charge in [-0.1, -0.05) is 25.1 Å². The molecule has 11 heteroatoms. The molecular weight excluding hydrogens is 590 g/mol. The van der Waals surface area contributed by atoms with Gasteiger partial charge in [0.1, 0.15) is 12.7 Å². The third-order valence-corrected chi connectivity index (χ3v) is 7.51. The molecule has 0 aromatic heterocycles. The third kappa shape index (κ3) is 9.45. The van der Waals surface area contributed by atoms with Crippen molar-refractivity contribution in [2.24, 2.45) is 5.92 Å². The molecule has 0 spiro atoms. The number of methoxy groups -OCH3 is 1. The Kier molecular flexibility index (Phi) is 11.3. The van der Waals surface area contributed by atoms with E-state index in [1.807, 2.05) is 96.1 Å². The van der Waals surface area contributed by atoms with Crippen molar-refractivity contribution in [1.29, 1.82) is 0 Å². The van der Waals surface area contributed by atoms with Gasteiger partial charge in [0.05, 0.1) is 0 Å². The molecule has 3 N–H and O–H groups in total. The maximum atomic E-state index is 13.2. The van der Waals surface area contributed by atoms with Gasteiger partial charge in [0.15, 0.2) is 18.5 Å². The number of benzene rings is 3. The Morgan fingerprint density at radius 2 is 0.978 bits per heavy atom. The smallest absolute Gasteiger partial charge is 0.412 e. The van der Waals surface area contributed by atoms with Crippen molar-refractivity contribution in [2.45, 2.75) is 73.1 Å². The summed E-state index contributed by atoms with van der Waals surface area (Å²) < 4.78 is 28.9. The van der Waals surface area contributed by atoms with Crippen molar-refractivity contribution >= 4 is 35.3 Å². The highest BCUT2D eigenvalue weighted by Gasteiger charge is 2.49. The first-order valence-electron chi connectivity index (χ1n) is 15.1. The molecule has 0 saturated carbocycles. The summed E-state index contributed by atoms with van der Waals surface area (Å²) in [5.74, 6) is -0.593. The van der Waals surface area contributed by atoms with Gasteiger partial charge in [-0.05, 0) is 111 Å². The van der Waals surface area contributed by atoms with E-state index in [-0.39, 0.29) is 6.61 Å². The van der Waals surface area contributed by atoms with E-state index >= 15 is 0 Å². The van der Waals surface area contributed by atoms with Crippen LogP contribution >= 0.6 is 0 Å². The zero-order valence-corrected chi connectivity index (χ0v) is 27.6. The molecule has 3 aromatic rings.